The third kappa shape index (κ3) is 2.10. The van der Waals surface area contributed by atoms with Gasteiger partial charge in [-0.3, -0.25) is 0 Å². The van der Waals surface area contributed by atoms with E-state index in [0.717, 1.165) is 19.3 Å². The highest BCUT2D eigenvalue weighted by Crippen LogP contribution is 2.48. The summed E-state index contributed by atoms with van der Waals surface area (Å²) in [6.45, 7) is 0. The van der Waals surface area contributed by atoms with Crippen molar-refractivity contribution < 1.29 is 9.53 Å². The van der Waals surface area contributed by atoms with Gasteiger partial charge in [-0.15, -0.1) is 0 Å². The van der Waals surface area contributed by atoms with Crippen LogP contribution in [0.2, 0.25) is 0 Å². The first-order valence-electron chi connectivity index (χ1n) is 6.30. The molecule has 2 atom stereocenters. The zero-order chi connectivity index (χ0) is 10.7. The molecule has 0 heterocycles. The van der Waals surface area contributed by atoms with Gasteiger partial charge in [-0.25, -0.2) is 0 Å². The summed E-state index contributed by atoms with van der Waals surface area (Å²) in [5, 5.41) is 0. The Morgan fingerprint density at radius 3 is 2.53 bits per heavy atom. The van der Waals surface area contributed by atoms with Crippen LogP contribution in [0.5, 0.6) is 0 Å². The molecule has 2 aliphatic carbocycles. The van der Waals surface area contributed by atoms with E-state index in [0.29, 0.717) is 12.0 Å². The van der Waals surface area contributed by atoms with Crippen LogP contribution in [0.4, 0.5) is 0 Å². The van der Waals surface area contributed by atoms with Gasteiger partial charge < -0.3 is 9.53 Å². The molecule has 2 nitrogen and oxygen atoms in total. The Labute approximate surface area is 92.4 Å². The first-order chi connectivity index (χ1) is 7.30. The first-order valence-corrected chi connectivity index (χ1v) is 6.30. The van der Waals surface area contributed by atoms with Gasteiger partial charge in [-0.05, 0) is 38.0 Å². The van der Waals surface area contributed by atoms with E-state index in [9.17, 15) is 4.79 Å². The summed E-state index contributed by atoms with van der Waals surface area (Å²) in [4.78, 5) is 11.4. The van der Waals surface area contributed by atoms with Gasteiger partial charge in [-0.1, -0.05) is 19.3 Å². The topological polar surface area (TPSA) is 26.3 Å². The minimum Gasteiger partial charge on any atom is -0.381 e. The van der Waals surface area contributed by atoms with Crippen LogP contribution in [0, 0.1) is 11.3 Å². The second kappa shape index (κ2) is 4.65. The molecule has 0 aromatic rings. The number of ether oxygens (including phenoxy) is 1. The summed E-state index contributed by atoms with van der Waals surface area (Å²) in [6, 6.07) is 0. The van der Waals surface area contributed by atoms with E-state index in [2.05, 4.69) is 0 Å². The SMILES string of the molecule is COC1CCCC(C2(C=O)CCCC2)C1. The van der Waals surface area contributed by atoms with Crippen molar-refractivity contribution in [3.05, 3.63) is 0 Å². The number of carbonyl (C=O) groups is 1. The summed E-state index contributed by atoms with van der Waals surface area (Å²) in [6.07, 6.45) is 11.2. The van der Waals surface area contributed by atoms with Crippen LogP contribution in [0.15, 0.2) is 0 Å². The summed E-state index contributed by atoms with van der Waals surface area (Å²) in [5.74, 6) is 0.594. The van der Waals surface area contributed by atoms with E-state index in [4.69, 9.17) is 4.74 Å². The lowest BCUT2D eigenvalue weighted by Crippen LogP contribution is -2.35. The van der Waals surface area contributed by atoms with Crippen molar-refractivity contribution in [2.75, 3.05) is 7.11 Å². The quantitative estimate of drug-likeness (QED) is 0.669. The first kappa shape index (κ1) is 11.1. The van der Waals surface area contributed by atoms with Crippen molar-refractivity contribution >= 4 is 6.29 Å². The summed E-state index contributed by atoms with van der Waals surface area (Å²) >= 11 is 0. The molecule has 0 bridgehead atoms. The van der Waals surface area contributed by atoms with Crippen LogP contribution in [0.3, 0.4) is 0 Å². The van der Waals surface area contributed by atoms with Crippen molar-refractivity contribution in [2.24, 2.45) is 11.3 Å². The Hall–Kier alpha value is -0.370. The van der Waals surface area contributed by atoms with Crippen LogP contribution in [-0.4, -0.2) is 19.5 Å². The van der Waals surface area contributed by atoms with Crippen LogP contribution >= 0.6 is 0 Å². The van der Waals surface area contributed by atoms with Crippen molar-refractivity contribution in [3.63, 3.8) is 0 Å². The molecule has 2 fully saturated rings. The molecule has 2 unspecified atom stereocenters. The molecule has 0 radical (unpaired) electrons. The van der Waals surface area contributed by atoms with Crippen LogP contribution in [-0.2, 0) is 9.53 Å². The van der Waals surface area contributed by atoms with Crippen molar-refractivity contribution in [1.29, 1.82) is 0 Å². The molecule has 0 spiro atoms. The molecule has 15 heavy (non-hydrogen) atoms. The number of rotatable bonds is 3. The summed E-state index contributed by atoms with van der Waals surface area (Å²) in [5.41, 5.74) is 0.0250. The zero-order valence-corrected chi connectivity index (χ0v) is 9.71. The smallest absolute Gasteiger partial charge is 0.126 e. The molecule has 2 rings (SSSR count). The highest BCUT2D eigenvalue weighted by atomic mass is 16.5. The molecule has 0 saturated heterocycles. The predicted molar refractivity (Wildman–Crippen MR) is 59.7 cm³/mol. The maximum Gasteiger partial charge on any atom is 0.126 e. The third-order valence-electron chi connectivity index (χ3n) is 4.54. The van der Waals surface area contributed by atoms with Crippen LogP contribution < -0.4 is 0 Å². The Balaban J connectivity index is 2.04. The van der Waals surface area contributed by atoms with Gasteiger partial charge >= 0.3 is 0 Å². The monoisotopic (exact) mass is 210 g/mol. The molecule has 2 saturated carbocycles. The Morgan fingerprint density at radius 2 is 1.93 bits per heavy atom. The average molecular weight is 210 g/mol. The molecule has 0 aromatic heterocycles. The zero-order valence-electron chi connectivity index (χ0n) is 9.71. The van der Waals surface area contributed by atoms with Gasteiger partial charge in [0.15, 0.2) is 0 Å². The fourth-order valence-electron chi connectivity index (χ4n) is 3.54. The highest BCUT2D eigenvalue weighted by Gasteiger charge is 2.42. The maximum atomic E-state index is 11.4. The Kier molecular flexibility index (Phi) is 3.45. The fraction of sp³-hybridized carbons (Fsp3) is 0.923. The van der Waals surface area contributed by atoms with E-state index >= 15 is 0 Å². The van der Waals surface area contributed by atoms with Gasteiger partial charge in [0, 0.05) is 12.5 Å². The van der Waals surface area contributed by atoms with Gasteiger partial charge in [0.1, 0.15) is 6.29 Å². The normalized spacial score (nSPS) is 35.3. The van der Waals surface area contributed by atoms with E-state index in [1.54, 1.807) is 7.11 Å². The lowest BCUT2D eigenvalue weighted by molar-refractivity contribution is -0.120. The van der Waals surface area contributed by atoms with Crippen LogP contribution in [0.25, 0.3) is 0 Å². The second-order valence-corrected chi connectivity index (χ2v) is 5.28. The van der Waals surface area contributed by atoms with Gasteiger partial charge in [0.05, 0.1) is 6.10 Å². The Morgan fingerprint density at radius 1 is 1.20 bits per heavy atom. The molecule has 2 aliphatic rings. The van der Waals surface area contributed by atoms with E-state index in [1.165, 1.54) is 38.4 Å². The lowest BCUT2D eigenvalue weighted by atomic mass is 9.68. The molecule has 86 valence electrons. The molecule has 0 N–H and O–H groups in total. The molecule has 0 aliphatic heterocycles. The summed E-state index contributed by atoms with van der Waals surface area (Å²) in [7, 11) is 1.80. The number of hydrogen-bond donors (Lipinski definition) is 0. The molecule has 0 aromatic carbocycles. The number of hydrogen-bond acceptors (Lipinski definition) is 2. The highest BCUT2D eigenvalue weighted by molar-refractivity contribution is 5.60. The second-order valence-electron chi connectivity index (χ2n) is 5.28. The minimum atomic E-state index is 0.0250. The number of aldehydes is 1. The van der Waals surface area contributed by atoms with Crippen LogP contribution in [0.1, 0.15) is 51.4 Å². The number of carbonyl (C=O) groups excluding carboxylic acids is 1. The Bertz CT molecular complexity index is 219. The molecular weight excluding hydrogens is 188 g/mol. The maximum absolute atomic E-state index is 11.4. The third-order valence-corrected chi connectivity index (χ3v) is 4.54. The predicted octanol–water partition coefficient (Wildman–Crippen LogP) is 2.95. The van der Waals surface area contributed by atoms with E-state index in [1.807, 2.05) is 0 Å². The van der Waals surface area contributed by atoms with Crippen molar-refractivity contribution in [2.45, 2.75) is 57.5 Å². The fourth-order valence-corrected chi connectivity index (χ4v) is 3.54. The van der Waals surface area contributed by atoms with Gasteiger partial charge in [0.25, 0.3) is 0 Å². The molecular formula is C13H22O2. The van der Waals surface area contributed by atoms with Crippen molar-refractivity contribution in [1.82, 2.24) is 0 Å². The average Bonchev–Trinajstić information content (AvgIpc) is 2.79. The lowest BCUT2D eigenvalue weighted by Gasteiger charge is -2.38. The van der Waals surface area contributed by atoms with E-state index in [-0.39, 0.29) is 5.41 Å². The number of methoxy groups -OCH3 is 1. The molecule has 0 amide bonds. The van der Waals surface area contributed by atoms with E-state index < -0.39 is 0 Å². The van der Waals surface area contributed by atoms with Crippen molar-refractivity contribution in [3.8, 4) is 0 Å². The summed E-state index contributed by atoms with van der Waals surface area (Å²) < 4.78 is 5.45. The van der Waals surface area contributed by atoms with Gasteiger partial charge in [-0.2, -0.15) is 0 Å². The largest absolute Gasteiger partial charge is 0.381 e. The minimum absolute atomic E-state index is 0.0250. The standard InChI is InChI=1S/C13H22O2/c1-15-12-6-4-5-11(9-12)13(10-14)7-2-3-8-13/h10-12H,2-9H2,1H3. The van der Waals surface area contributed by atoms with Gasteiger partial charge in [0.2, 0.25) is 0 Å². The molecule has 2 heteroatoms.